The number of pyridine rings is 1. The molecule has 3 rings (SSSR count). The number of hydrogen-bond acceptors (Lipinski definition) is 2. The maximum absolute atomic E-state index is 12.0. The monoisotopic (exact) mass is 256 g/mol. The molecule has 1 N–H and O–H groups in total. The van der Waals surface area contributed by atoms with Gasteiger partial charge >= 0.3 is 0 Å². The van der Waals surface area contributed by atoms with Gasteiger partial charge in [0.25, 0.3) is 0 Å². The van der Waals surface area contributed by atoms with Gasteiger partial charge in [0.2, 0.25) is 5.91 Å². The second kappa shape index (κ2) is 5.55. The Morgan fingerprint density at radius 1 is 1.26 bits per heavy atom. The van der Waals surface area contributed by atoms with Crippen LogP contribution in [0.2, 0.25) is 0 Å². The Morgan fingerprint density at radius 3 is 2.79 bits per heavy atom. The number of allylic oxidation sites excluding steroid dienone is 2. The molecule has 0 saturated heterocycles. The van der Waals surface area contributed by atoms with Crippen LogP contribution in [0, 0.1) is 5.92 Å². The fourth-order valence-electron chi connectivity index (χ4n) is 2.53. The lowest BCUT2D eigenvalue weighted by molar-refractivity contribution is -0.125. The summed E-state index contributed by atoms with van der Waals surface area (Å²) in [7, 11) is 0. The Bertz CT molecular complexity index is 474. The van der Waals surface area contributed by atoms with E-state index in [0.29, 0.717) is 12.5 Å². The summed E-state index contributed by atoms with van der Waals surface area (Å²) in [6, 6.07) is 4.18. The molecule has 3 heteroatoms. The SMILES string of the molecule is O=C(NCc1ccc(C2CC2)nc1)[C@H]1CC=CCC1. The lowest BCUT2D eigenvalue weighted by Crippen LogP contribution is -2.30. The lowest BCUT2D eigenvalue weighted by atomic mass is 9.93. The topological polar surface area (TPSA) is 42.0 Å². The number of rotatable bonds is 4. The number of nitrogens with one attached hydrogen (secondary N) is 1. The van der Waals surface area contributed by atoms with Crippen molar-refractivity contribution in [1.82, 2.24) is 10.3 Å². The molecular weight excluding hydrogens is 236 g/mol. The minimum absolute atomic E-state index is 0.156. The normalized spacial score (nSPS) is 22.2. The van der Waals surface area contributed by atoms with Gasteiger partial charge < -0.3 is 5.32 Å². The van der Waals surface area contributed by atoms with Gasteiger partial charge in [-0.15, -0.1) is 0 Å². The Labute approximate surface area is 114 Å². The van der Waals surface area contributed by atoms with Crippen LogP contribution in [0.1, 0.15) is 49.3 Å². The molecular formula is C16H20N2O. The van der Waals surface area contributed by atoms with E-state index < -0.39 is 0 Å². The van der Waals surface area contributed by atoms with Crippen molar-refractivity contribution in [2.24, 2.45) is 5.92 Å². The number of carbonyl (C=O) groups is 1. The predicted octanol–water partition coefficient (Wildman–Crippen LogP) is 2.93. The van der Waals surface area contributed by atoms with Crippen molar-refractivity contribution in [1.29, 1.82) is 0 Å². The molecule has 0 aromatic carbocycles. The number of amides is 1. The van der Waals surface area contributed by atoms with Crippen LogP contribution in [0.15, 0.2) is 30.5 Å². The first-order chi connectivity index (χ1) is 9.33. The van der Waals surface area contributed by atoms with E-state index in [2.05, 4.69) is 34.6 Å². The van der Waals surface area contributed by atoms with Crippen LogP contribution in [0.5, 0.6) is 0 Å². The van der Waals surface area contributed by atoms with Crippen LogP contribution in [0.3, 0.4) is 0 Å². The molecule has 1 aromatic heterocycles. The molecule has 0 radical (unpaired) electrons. The van der Waals surface area contributed by atoms with E-state index in [4.69, 9.17) is 0 Å². The van der Waals surface area contributed by atoms with E-state index in [0.717, 1.165) is 24.8 Å². The fourth-order valence-corrected chi connectivity index (χ4v) is 2.53. The van der Waals surface area contributed by atoms with Crippen LogP contribution in [-0.4, -0.2) is 10.9 Å². The third-order valence-corrected chi connectivity index (χ3v) is 3.95. The van der Waals surface area contributed by atoms with Crippen LogP contribution in [0.25, 0.3) is 0 Å². The van der Waals surface area contributed by atoms with E-state index in [1.807, 2.05) is 6.20 Å². The van der Waals surface area contributed by atoms with Crippen LogP contribution in [-0.2, 0) is 11.3 Å². The van der Waals surface area contributed by atoms with Crippen molar-refractivity contribution < 1.29 is 4.79 Å². The summed E-state index contributed by atoms with van der Waals surface area (Å²) in [5.41, 5.74) is 2.29. The van der Waals surface area contributed by atoms with Crippen molar-refractivity contribution in [2.75, 3.05) is 0 Å². The summed E-state index contributed by atoms with van der Waals surface area (Å²) >= 11 is 0. The Balaban J connectivity index is 1.50. The molecule has 0 spiro atoms. The van der Waals surface area contributed by atoms with Gasteiger partial charge in [-0.2, -0.15) is 0 Å². The Kier molecular flexibility index (Phi) is 3.62. The first-order valence-electron chi connectivity index (χ1n) is 7.20. The number of nitrogens with zero attached hydrogens (tertiary/aromatic N) is 1. The zero-order chi connectivity index (χ0) is 13.1. The fraction of sp³-hybridized carbons (Fsp3) is 0.500. The molecule has 2 aliphatic rings. The second-order valence-corrected chi connectivity index (χ2v) is 5.56. The minimum Gasteiger partial charge on any atom is -0.352 e. The molecule has 3 nitrogen and oxygen atoms in total. The largest absolute Gasteiger partial charge is 0.352 e. The van der Waals surface area contributed by atoms with Crippen molar-refractivity contribution in [3.63, 3.8) is 0 Å². The summed E-state index contributed by atoms with van der Waals surface area (Å²) in [6.45, 7) is 0.594. The van der Waals surface area contributed by atoms with Gasteiger partial charge in [-0.3, -0.25) is 9.78 Å². The van der Waals surface area contributed by atoms with Crippen LogP contribution >= 0.6 is 0 Å². The Morgan fingerprint density at radius 2 is 2.16 bits per heavy atom. The average Bonchev–Trinajstić information content (AvgIpc) is 3.31. The summed E-state index contributed by atoms with van der Waals surface area (Å²) in [4.78, 5) is 16.5. The molecule has 0 bridgehead atoms. The summed E-state index contributed by atoms with van der Waals surface area (Å²) in [5, 5.41) is 3.02. The molecule has 0 aliphatic heterocycles. The third-order valence-electron chi connectivity index (χ3n) is 3.95. The highest BCUT2D eigenvalue weighted by Crippen LogP contribution is 2.38. The maximum Gasteiger partial charge on any atom is 0.223 e. The molecule has 1 amide bonds. The molecule has 1 atom stereocenters. The van der Waals surface area contributed by atoms with Gasteiger partial charge in [0.1, 0.15) is 0 Å². The molecule has 1 saturated carbocycles. The second-order valence-electron chi connectivity index (χ2n) is 5.56. The zero-order valence-electron chi connectivity index (χ0n) is 11.1. The van der Waals surface area contributed by atoms with Gasteiger partial charge in [-0.05, 0) is 43.7 Å². The molecule has 19 heavy (non-hydrogen) atoms. The van der Waals surface area contributed by atoms with E-state index in [1.54, 1.807) is 0 Å². The van der Waals surface area contributed by atoms with Crippen LogP contribution < -0.4 is 5.32 Å². The van der Waals surface area contributed by atoms with E-state index in [9.17, 15) is 4.79 Å². The van der Waals surface area contributed by atoms with Crippen molar-refractivity contribution in [3.8, 4) is 0 Å². The van der Waals surface area contributed by atoms with Crippen molar-refractivity contribution in [3.05, 3.63) is 41.7 Å². The maximum atomic E-state index is 12.0. The van der Waals surface area contributed by atoms with E-state index >= 15 is 0 Å². The molecule has 100 valence electrons. The Hall–Kier alpha value is -1.64. The lowest BCUT2D eigenvalue weighted by Gasteiger charge is -2.17. The van der Waals surface area contributed by atoms with Gasteiger partial charge in [0, 0.05) is 30.3 Å². The highest BCUT2D eigenvalue weighted by Gasteiger charge is 2.24. The molecule has 2 aliphatic carbocycles. The first kappa shape index (κ1) is 12.4. The predicted molar refractivity (Wildman–Crippen MR) is 74.5 cm³/mol. The van der Waals surface area contributed by atoms with Crippen molar-refractivity contribution in [2.45, 2.75) is 44.6 Å². The van der Waals surface area contributed by atoms with E-state index in [-0.39, 0.29) is 11.8 Å². The highest BCUT2D eigenvalue weighted by molar-refractivity contribution is 5.78. The molecule has 1 heterocycles. The third kappa shape index (κ3) is 3.22. The molecule has 1 aromatic rings. The standard InChI is InChI=1S/C16H20N2O/c19-16(14-4-2-1-3-5-14)18-11-12-6-9-15(17-10-12)13-7-8-13/h1-2,6,9-10,13-14H,3-5,7-8,11H2,(H,18,19)/t14-/m0/s1. The van der Waals surface area contributed by atoms with E-state index in [1.165, 1.54) is 18.5 Å². The minimum atomic E-state index is 0.156. The number of hydrogen-bond donors (Lipinski definition) is 1. The first-order valence-corrected chi connectivity index (χ1v) is 7.20. The smallest absolute Gasteiger partial charge is 0.223 e. The zero-order valence-corrected chi connectivity index (χ0v) is 11.1. The summed E-state index contributed by atoms with van der Waals surface area (Å²) in [6.07, 6.45) is 11.6. The molecule has 0 unspecified atom stereocenters. The summed E-state index contributed by atoms with van der Waals surface area (Å²) in [5.74, 6) is 1.02. The number of aromatic nitrogens is 1. The van der Waals surface area contributed by atoms with Gasteiger partial charge in [0.05, 0.1) is 0 Å². The summed E-state index contributed by atoms with van der Waals surface area (Å²) < 4.78 is 0. The quantitative estimate of drug-likeness (QED) is 0.842. The van der Waals surface area contributed by atoms with Gasteiger partial charge in [0.15, 0.2) is 0 Å². The van der Waals surface area contributed by atoms with Gasteiger partial charge in [-0.25, -0.2) is 0 Å². The van der Waals surface area contributed by atoms with Gasteiger partial charge in [-0.1, -0.05) is 18.2 Å². The highest BCUT2D eigenvalue weighted by atomic mass is 16.1. The molecule has 1 fully saturated rings. The van der Waals surface area contributed by atoms with Crippen LogP contribution in [0.4, 0.5) is 0 Å². The number of carbonyl (C=O) groups excluding carboxylic acids is 1. The average molecular weight is 256 g/mol. The van der Waals surface area contributed by atoms with Crippen molar-refractivity contribution >= 4 is 5.91 Å².